The van der Waals surface area contributed by atoms with Crippen molar-refractivity contribution in [3.05, 3.63) is 45.8 Å². The molecule has 2 aromatic heterocycles. The smallest absolute Gasteiger partial charge is 0.223 e. The zero-order chi connectivity index (χ0) is 14.7. The summed E-state index contributed by atoms with van der Waals surface area (Å²) >= 11 is 0. The fourth-order valence-corrected chi connectivity index (χ4v) is 1.94. The molecule has 2 aromatic rings. The minimum absolute atomic E-state index is 0.0208. The molecule has 9 nitrogen and oxygen atoms in total. The number of anilines is 3. The van der Waals surface area contributed by atoms with Gasteiger partial charge in [-0.3, -0.25) is 15.1 Å². The largest absolute Gasteiger partial charge is 0.383 e. The molecule has 20 heavy (non-hydrogen) atoms. The monoisotopic (exact) mass is 275 g/mol. The highest BCUT2D eigenvalue weighted by atomic mass is 16.6. The molecule has 2 rings (SSSR count). The summed E-state index contributed by atoms with van der Waals surface area (Å²) in [5, 5.41) is 10.9. The number of nitro groups is 1. The highest BCUT2D eigenvalue weighted by molar-refractivity contribution is 5.59. The van der Waals surface area contributed by atoms with Gasteiger partial charge in [0, 0.05) is 11.1 Å². The quantitative estimate of drug-likeness (QED) is 0.520. The van der Waals surface area contributed by atoms with Crippen molar-refractivity contribution in [2.45, 2.75) is 5.92 Å². The third-order valence-electron chi connectivity index (χ3n) is 2.75. The molecule has 0 saturated heterocycles. The van der Waals surface area contributed by atoms with Crippen LogP contribution in [0.4, 0.5) is 17.6 Å². The maximum Gasteiger partial charge on any atom is 0.223 e. The molecule has 0 aromatic carbocycles. The van der Waals surface area contributed by atoms with Crippen molar-refractivity contribution < 1.29 is 4.92 Å². The second kappa shape index (κ2) is 5.34. The van der Waals surface area contributed by atoms with Crippen molar-refractivity contribution in [3.8, 4) is 0 Å². The molecule has 1 unspecified atom stereocenters. The molecular weight excluding hydrogens is 262 g/mol. The van der Waals surface area contributed by atoms with Crippen molar-refractivity contribution in [1.29, 1.82) is 0 Å². The van der Waals surface area contributed by atoms with Gasteiger partial charge in [0.25, 0.3) is 0 Å². The lowest BCUT2D eigenvalue weighted by molar-refractivity contribution is -0.481. The Morgan fingerprint density at radius 2 is 1.85 bits per heavy atom. The lowest BCUT2D eigenvalue weighted by Crippen LogP contribution is -2.20. The van der Waals surface area contributed by atoms with Gasteiger partial charge in [-0.15, -0.1) is 0 Å². The number of rotatable bonds is 4. The molecule has 9 heteroatoms. The van der Waals surface area contributed by atoms with Crippen molar-refractivity contribution >= 4 is 17.6 Å². The number of hydrogen-bond acceptors (Lipinski definition) is 8. The summed E-state index contributed by atoms with van der Waals surface area (Å²) in [6.45, 7) is -0.418. The second-order valence-electron chi connectivity index (χ2n) is 4.09. The van der Waals surface area contributed by atoms with E-state index >= 15 is 0 Å². The normalized spacial score (nSPS) is 12.0. The minimum atomic E-state index is -0.730. The minimum Gasteiger partial charge on any atom is -0.383 e. The van der Waals surface area contributed by atoms with Gasteiger partial charge in [0.1, 0.15) is 11.6 Å². The first-order valence-electron chi connectivity index (χ1n) is 5.70. The van der Waals surface area contributed by atoms with E-state index < -0.39 is 17.4 Å². The molecule has 0 radical (unpaired) electrons. The molecular formula is C11H13N7O2. The van der Waals surface area contributed by atoms with Gasteiger partial charge < -0.3 is 17.2 Å². The second-order valence-corrected chi connectivity index (χ2v) is 4.09. The van der Waals surface area contributed by atoms with Gasteiger partial charge in [-0.25, -0.2) is 0 Å². The van der Waals surface area contributed by atoms with Crippen LogP contribution in [-0.4, -0.2) is 26.4 Å². The maximum atomic E-state index is 10.9. The van der Waals surface area contributed by atoms with Crippen LogP contribution in [0.25, 0.3) is 0 Å². The Hall–Kier alpha value is -2.97. The molecule has 0 fully saturated rings. The van der Waals surface area contributed by atoms with Crippen LogP contribution in [0.3, 0.4) is 0 Å². The summed E-state index contributed by atoms with van der Waals surface area (Å²) in [4.78, 5) is 22.1. The zero-order valence-corrected chi connectivity index (χ0v) is 10.4. The third kappa shape index (κ3) is 2.71. The van der Waals surface area contributed by atoms with E-state index in [-0.39, 0.29) is 23.1 Å². The SMILES string of the molecule is Nc1nc(N)c(C(C[N+](=O)[O-])c2ccccn2)c(N)n1. The van der Waals surface area contributed by atoms with Gasteiger partial charge in [-0.05, 0) is 12.1 Å². The molecule has 6 N–H and O–H groups in total. The predicted octanol–water partition coefficient (Wildman–Crippen LogP) is 0.0268. The molecule has 0 saturated carbocycles. The molecule has 0 amide bonds. The highest BCUT2D eigenvalue weighted by Gasteiger charge is 2.27. The average molecular weight is 275 g/mol. The number of nitrogens with zero attached hydrogens (tertiary/aromatic N) is 4. The van der Waals surface area contributed by atoms with E-state index in [1.807, 2.05) is 0 Å². The van der Waals surface area contributed by atoms with E-state index in [2.05, 4.69) is 15.0 Å². The van der Waals surface area contributed by atoms with Crippen LogP contribution in [0.2, 0.25) is 0 Å². The predicted molar refractivity (Wildman–Crippen MR) is 73.2 cm³/mol. The van der Waals surface area contributed by atoms with E-state index in [1.54, 1.807) is 18.2 Å². The Morgan fingerprint density at radius 1 is 1.20 bits per heavy atom. The Kier molecular flexibility index (Phi) is 3.60. The Balaban J connectivity index is 2.55. The molecule has 0 bridgehead atoms. The molecule has 0 spiro atoms. The van der Waals surface area contributed by atoms with E-state index in [0.29, 0.717) is 5.69 Å². The van der Waals surface area contributed by atoms with E-state index in [4.69, 9.17) is 17.2 Å². The summed E-state index contributed by atoms with van der Waals surface area (Å²) in [6.07, 6.45) is 1.53. The highest BCUT2D eigenvalue weighted by Crippen LogP contribution is 2.31. The molecule has 104 valence electrons. The van der Waals surface area contributed by atoms with Crippen LogP contribution in [-0.2, 0) is 0 Å². The van der Waals surface area contributed by atoms with Crippen LogP contribution in [0, 0.1) is 10.1 Å². The summed E-state index contributed by atoms with van der Waals surface area (Å²) in [6, 6.07) is 5.09. The number of hydrogen-bond donors (Lipinski definition) is 3. The molecule has 2 heterocycles. The lowest BCUT2D eigenvalue weighted by atomic mass is 9.95. The van der Waals surface area contributed by atoms with Crippen LogP contribution < -0.4 is 17.2 Å². The van der Waals surface area contributed by atoms with Crippen molar-refractivity contribution in [3.63, 3.8) is 0 Å². The summed E-state index contributed by atoms with van der Waals surface area (Å²) in [5.74, 6) is -0.767. The number of nitrogens with two attached hydrogens (primary N) is 3. The van der Waals surface area contributed by atoms with Gasteiger partial charge in [0.2, 0.25) is 12.5 Å². The average Bonchev–Trinajstić information content (AvgIpc) is 2.37. The van der Waals surface area contributed by atoms with Gasteiger partial charge in [-0.2, -0.15) is 9.97 Å². The van der Waals surface area contributed by atoms with E-state index in [1.165, 1.54) is 6.20 Å². The molecule has 1 atom stereocenters. The molecule has 0 aliphatic carbocycles. The van der Waals surface area contributed by atoms with E-state index in [9.17, 15) is 10.1 Å². The van der Waals surface area contributed by atoms with Gasteiger partial charge >= 0.3 is 0 Å². The fourth-order valence-electron chi connectivity index (χ4n) is 1.94. The van der Waals surface area contributed by atoms with Crippen LogP contribution in [0.15, 0.2) is 24.4 Å². The lowest BCUT2D eigenvalue weighted by Gasteiger charge is -2.16. The Labute approximate surface area is 114 Å². The van der Waals surface area contributed by atoms with Crippen molar-refractivity contribution in [2.24, 2.45) is 0 Å². The molecule has 0 aliphatic heterocycles. The van der Waals surface area contributed by atoms with Crippen LogP contribution in [0.5, 0.6) is 0 Å². The fraction of sp³-hybridized carbons (Fsp3) is 0.182. The first kappa shape index (κ1) is 13.5. The Bertz CT molecular complexity index is 609. The van der Waals surface area contributed by atoms with Gasteiger partial charge in [0.05, 0.1) is 17.2 Å². The maximum absolute atomic E-state index is 10.9. The number of aromatic nitrogens is 3. The van der Waals surface area contributed by atoms with Crippen molar-refractivity contribution in [2.75, 3.05) is 23.7 Å². The van der Waals surface area contributed by atoms with Gasteiger partial charge in [0.15, 0.2) is 0 Å². The first-order chi connectivity index (χ1) is 9.49. The number of pyridine rings is 1. The van der Waals surface area contributed by atoms with E-state index in [0.717, 1.165) is 0 Å². The Morgan fingerprint density at radius 3 is 2.35 bits per heavy atom. The summed E-state index contributed by atoms with van der Waals surface area (Å²) in [7, 11) is 0. The third-order valence-corrected chi connectivity index (χ3v) is 2.75. The number of nitrogen functional groups attached to an aromatic ring is 3. The van der Waals surface area contributed by atoms with Crippen LogP contribution >= 0.6 is 0 Å². The zero-order valence-electron chi connectivity index (χ0n) is 10.4. The van der Waals surface area contributed by atoms with Gasteiger partial charge in [-0.1, -0.05) is 6.07 Å². The summed E-state index contributed by atoms with van der Waals surface area (Å²) in [5.41, 5.74) is 17.7. The first-order valence-corrected chi connectivity index (χ1v) is 5.70. The standard InChI is InChI=1S/C11H13N7O2/c12-9-8(10(13)17-11(14)16-9)6(5-18(19)20)7-3-1-2-4-15-7/h1-4,6H,5H2,(H6,12,13,14,16,17). The van der Waals surface area contributed by atoms with Crippen LogP contribution in [0.1, 0.15) is 17.2 Å². The topological polar surface area (TPSA) is 160 Å². The summed E-state index contributed by atoms with van der Waals surface area (Å²) < 4.78 is 0. The van der Waals surface area contributed by atoms with Crippen molar-refractivity contribution in [1.82, 2.24) is 15.0 Å². The molecule has 0 aliphatic rings.